The summed E-state index contributed by atoms with van der Waals surface area (Å²) in [6.07, 6.45) is -0.0997. The van der Waals surface area contributed by atoms with Crippen LogP contribution in [-0.4, -0.2) is 21.1 Å². The second-order valence-electron chi connectivity index (χ2n) is 8.50. The van der Waals surface area contributed by atoms with Crippen molar-refractivity contribution >= 4 is 35.1 Å². The number of carbonyl (C=O) groups is 2. The Morgan fingerprint density at radius 2 is 0.926 bits per heavy atom. The Bertz CT molecular complexity index is 723. The number of ketones is 2. The second kappa shape index (κ2) is 8.66. The highest BCUT2D eigenvalue weighted by atomic mass is 32.2. The molecular formula is C23H28O2S2. The van der Waals surface area contributed by atoms with Crippen LogP contribution in [0.2, 0.25) is 0 Å². The van der Waals surface area contributed by atoms with E-state index in [1.807, 2.05) is 48.5 Å². The van der Waals surface area contributed by atoms with Crippen LogP contribution in [0.15, 0.2) is 58.3 Å². The van der Waals surface area contributed by atoms with E-state index in [0.29, 0.717) is 11.1 Å². The molecule has 2 aromatic carbocycles. The van der Waals surface area contributed by atoms with Crippen molar-refractivity contribution in [3.05, 3.63) is 59.7 Å². The lowest BCUT2D eigenvalue weighted by molar-refractivity contribution is 0.0894. The fourth-order valence-corrected chi connectivity index (χ4v) is 4.43. The Balaban J connectivity index is 1.99. The van der Waals surface area contributed by atoms with Gasteiger partial charge in [-0.05, 0) is 24.3 Å². The molecule has 0 spiro atoms. The van der Waals surface area contributed by atoms with E-state index in [9.17, 15) is 9.59 Å². The van der Waals surface area contributed by atoms with Crippen LogP contribution < -0.4 is 0 Å². The fourth-order valence-electron chi connectivity index (χ4n) is 2.47. The Hall–Kier alpha value is -1.52. The molecule has 0 amide bonds. The first kappa shape index (κ1) is 21.8. The number of thioether (sulfide) groups is 2. The van der Waals surface area contributed by atoms with Crippen LogP contribution in [0.4, 0.5) is 0 Å². The van der Waals surface area contributed by atoms with Gasteiger partial charge in [-0.25, -0.2) is 0 Å². The van der Waals surface area contributed by atoms with E-state index in [0.717, 1.165) is 9.79 Å². The first-order chi connectivity index (χ1) is 12.4. The minimum absolute atomic E-state index is 0.0997. The standard InChI is InChI=1S/C23H28O2S2/c1-22(2,3)26-18-11-7-16(8-12-18)20(24)15-21(25)17-9-13-19(14-10-17)27-23(4,5)6/h7-14H,15H2,1-6H3. The topological polar surface area (TPSA) is 34.1 Å². The summed E-state index contributed by atoms with van der Waals surface area (Å²) in [6.45, 7) is 12.9. The van der Waals surface area contributed by atoms with Crippen molar-refractivity contribution in [2.45, 2.75) is 67.2 Å². The lowest BCUT2D eigenvalue weighted by atomic mass is 10.0. The van der Waals surface area contributed by atoms with Crippen molar-refractivity contribution in [2.75, 3.05) is 0 Å². The zero-order valence-corrected chi connectivity index (χ0v) is 18.6. The first-order valence-corrected chi connectivity index (χ1v) is 10.7. The molecule has 0 bridgehead atoms. The van der Waals surface area contributed by atoms with Gasteiger partial charge >= 0.3 is 0 Å². The number of carbonyl (C=O) groups excluding carboxylic acids is 2. The smallest absolute Gasteiger partial charge is 0.170 e. The highest BCUT2D eigenvalue weighted by Crippen LogP contribution is 2.32. The molecule has 0 fully saturated rings. The summed E-state index contributed by atoms with van der Waals surface area (Å²) in [6, 6.07) is 15.1. The highest BCUT2D eigenvalue weighted by Gasteiger charge is 2.16. The van der Waals surface area contributed by atoms with Crippen LogP contribution in [0.1, 0.15) is 68.7 Å². The van der Waals surface area contributed by atoms with E-state index in [2.05, 4.69) is 41.5 Å². The number of Topliss-reactive ketones (excluding diaryl/α,β-unsaturated/α-hetero) is 2. The Morgan fingerprint density at radius 1 is 0.630 bits per heavy atom. The van der Waals surface area contributed by atoms with E-state index in [1.54, 1.807) is 23.5 Å². The van der Waals surface area contributed by atoms with Crippen LogP contribution in [0.3, 0.4) is 0 Å². The molecule has 0 aliphatic rings. The average Bonchev–Trinajstić information content (AvgIpc) is 2.53. The van der Waals surface area contributed by atoms with Crippen LogP contribution >= 0.6 is 23.5 Å². The van der Waals surface area contributed by atoms with Gasteiger partial charge in [0.15, 0.2) is 11.6 Å². The molecular weight excluding hydrogens is 372 g/mol. The monoisotopic (exact) mass is 400 g/mol. The van der Waals surface area contributed by atoms with Crippen LogP contribution in [0.25, 0.3) is 0 Å². The second-order valence-corrected chi connectivity index (χ2v) is 12.3. The van der Waals surface area contributed by atoms with E-state index in [4.69, 9.17) is 0 Å². The van der Waals surface area contributed by atoms with Crippen molar-refractivity contribution in [1.29, 1.82) is 0 Å². The first-order valence-electron chi connectivity index (χ1n) is 9.07. The number of hydrogen-bond donors (Lipinski definition) is 0. The van der Waals surface area contributed by atoms with Gasteiger partial charge in [0.25, 0.3) is 0 Å². The summed E-state index contributed by atoms with van der Waals surface area (Å²) in [5, 5.41) is 0. The quantitative estimate of drug-likeness (QED) is 0.299. The summed E-state index contributed by atoms with van der Waals surface area (Å²) in [5.41, 5.74) is 1.17. The number of rotatable bonds is 6. The molecule has 0 unspecified atom stereocenters. The van der Waals surface area contributed by atoms with Gasteiger partial charge in [0.2, 0.25) is 0 Å². The summed E-state index contributed by atoms with van der Waals surface area (Å²) >= 11 is 3.51. The zero-order chi connectivity index (χ0) is 20.2. The van der Waals surface area contributed by atoms with Gasteiger partial charge in [0.05, 0.1) is 6.42 Å². The van der Waals surface area contributed by atoms with Gasteiger partial charge in [-0.3, -0.25) is 9.59 Å². The molecule has 0 heterocycles. The SMILES string of the molecule is CC(C)(C)Sc1ccc(C(=O)CC(=O)c2ccc(SC(C)(C)C)cc2)cc1. The van der Waals surface area contributed by atoms with Crippen molar-refractivity contribution in [3.8, 4) is 0 Å². The van der Waals surface area contributed by atoms with E-state index in [1.165, 1.54) is 0 Å². The van der Waals surface area contributed by atoms with Gasteiger partial charge in [-0.1, -0.05) is 65.8 Å². The lowest BCUT2D eigenvalue weighted by Crippen LogP contribution is -2.09. The summed E-state index contributed by atoms with van der Waals surface area (Å²) in [4.78, 5) is 27.1. The van der Waals surface area contributed by atoms with E-state index < -0.39 is 0 Å². The molecule has 0 aliphatic carbocycles. The molecule has 2 rings (SSSR count). The molecule has 2 aromatic rings. The Kier molecular flexibility index (Phi) is 6.98. The molecule has 27 heavy (non-hydrogen) atoms. The minimum atomic E-state index is -0.138. The van der Waals surface area contributed by atoms with Gasteiger partial charge in [-0.2, -0.15) is 0 Å². The van der Waals surface area contributed by atoms with Gasteiger partial charge in [0.1, 0.15) is 0 Å². The third kappa shape index (κ3) is 7.55. The van der Waals surface area contributed by atoms with Crippen molar-refractivity contribution in [3.63, 3.8) is 0 Å². The number of hydrogen-bond acceptors (Lipinski definition) is 4. The predicted molar refractivity (Wildman–Crippen MR) is 117 cm³/mol. The maximum absolute atomic E-state index is 12.4. The maximum Gasteiger partial charge on any atom is 0.170 e. The maximum atomic E-state index is 12.4. The largest absolute Gasteiger partial charge is 0.294 e. The molecule has 0 aliphatic heterocycles. The fraction of sp³-hybridized carbons (Fsp3) is 0.391. The third-order valence-electron chi connectivity index (χ3n) is 3.52. The predicted octanol–water partition coefficient (Wildman–Crippen LogP) is 6.92. The third-order valence-corrected chi connectivity index (χ3v) is 5.76. The molecule has 144 valence electrons. The van der Waals surface area contributed by atoms with Crippen molar-refractivity contribution in [2.24, 2.45) is 0 Å². The Labute approximate surface area is 171 Å². The van der Waals surface area contributed by atoms with Crippen LogP contribution in [0, 0.1) is 0 Å². The molecule has 0 saturated heterocycles. The van der Waals surface area contributed by atoms with Crippen LogP contribution in [-0.2, 0) is 0 Å². The van der Waals surface area contributed by atoms with Crippen LogP contribution in [0.5, 0.6) is 0 Å². The Morgan fingerprint density at radius 3 is 1.19 bits per heavy atom. The summed E-state index contributed by atoms with van der Waals surface area (Å²) < 4.78 is 0.248. The van der Waals surface area contributed by atoms with Gasteiger partial charge in [0, 0.05) is 30.4 Å². The molecule has 2 nitrogen and oxygen atoms in total. The minimum Gasteiger partial charge on any atom is -0.294 e. The summed E-state index contributed by atoms with van der Waals surface area (Å²) in [7, 11) is 0. The van der Waals surface area contributed by atoms with Crippen molar-refractivity contribution in [1.82, 2.24) is 0 Å². The average molecular weight is 401 g/mol. The van der Waals surface area contributed by atoms with Crippen molar-refractivity contribution < 1.29 is 9.59 Å². The highest BCUT2D eigenvalue weighted by molar-refractivity contribution is 8.00. The van der Waals surface area contributed by atoms with Gasteiger partial charge in [-0.15, -0.1) is 23.5 Å². The molecule has 0 radical (unpaired) electrons. The molecule has 0 saturated carbocycles. The number of benzene rings is 2. The summed E-state index contributed by atoms with van der Waals surface area (Å²) in [5.74, 6) is -0.277. The molecule has 0 atom stereocenters. The molecule has 4 heteroatoms. The molecule has 0 N–H and O–H groups in total. The zero-order valence-electron chi connectivity index (χ0n) is 17.0. The van der Waals surface area contributed by atoms with E-state index >= 15 is 0 Å². The van der Waals surface area contributed by atoms with E-state index in [-0.39, 0.29) is 27.5 Å². The lowest BCUT2D eigenvalue weighted by Gasteiger charge is -2.17. The normalized spacial score (nSPS) is 12.1. The molecule has 0 aromatic heterocycles. The van der Waals surface area contributed by atoms with Gasteiger partial charge < -0.3 is 0 Å².